The summed E-state index contributed by atoms with van der Waals surface area (Å²) in [5, 5.41) is 0.192. The average Bonchev–Trinajstić information content (AvgIpc) is 2.81. The molecular weight excluding hydrogens is 296 g/mol. The molecule has 0 bridgehead atoms. The Morgan fingerprint density at radius 1 is 1.14 bits per heavy atom. The van der Waals surface area contributed by atoms with Gasteiger partial charge in [0.2, 0.25) is 0 Å². The van der Waals surface area contributed by atoms with Crippen LogP contribution < -0.4 is 0 Å². The molecule has 0 unspecified atom stereocenters. The smallest absolute Gasteiger partial charge is 0.192 e. The van der Waals surface area contributed by atoms with Crippen molar-refractivity contribution in [2.24, 2.45) is 0 Å². The van der Waals surface area contributed by atoms with Gasteiger partial charge in [-0.25, -0.2) is 0 Å². The van der Waals surface area contributed by atoms with Crippen LogP contribution in [0.25, 0.3) is 0 Å². The van der Waals surface area contributed by atoms with Gasteiger partial charge in [0.1, 0.15) is 18.3 Å². The second kappa shape index (κ2) is 6.02. The van der Waals surface area contributed by atoms with Crippen molar-refractivity contribution in [1.29, 1.82) is 0 Å². The largest absolute Gasteiger partial charge is 0.414 e. The molecule has 2 aliphatic rings. The van der Waals surface area contributed by atoms with Crippen molar-refractivity contribution in [3.8, 4) is 0 Å². The minimum atomic E-state index is -1.79. The molecule has 22 heavy (non-hydrogen) atoms. The molecule has 0 saturated carbocycles. The summed E-state index contributed by atoms with van der Waals surface area (Å²) < 4.78 is 24.6. The fourth-order valence-electron chi connectivity index (χ4n) is 2.77. The summed E-state index contributed by atoms with van der Waals surface area (Å²) in [5.41, 5.74) is 0. The third-order valence-corrected chi connectivity index (χ3v) is 9.56. The van der Waals surface area contributed by atoms with E-state index in [4.69, 9.17) is 18.6 Å². The van der Waals surface area contributed by atoms with Crippen LogP contribution >= 0.6 is 0 Å². The van der Waals surface area contributed by atoms with Crippen molar-refractivity contribution < 1.29 is 18.6 Å². The van der Waals surface area contributed by atoms with Gasteiger partial charge in [0.05, 0.1) is 12.7 Å². The molecule has 4 atom stereocenters. The van der Waals surface area contributed by atoms with E-state index in [1.165, 1.54) is 0 Å². The Balaban J connectivity index is 2.04. The third kappa shape index (κ3) is 3.65. The van der Waals surface area contributed by atoms with E-state index >= 15 is 0 Å². The molecule has 0 aromatic heterocycles. The summed E-state index contributed by atoms with van der Waals surface area (Å²) in [6.07, 6.45) is 2.53. The maximum Gasteiger partial charge on any atom is 0.192 e. The maximum absolute atomic E-state index is 6.33. The first-order valence-electron chi connectivity index (χ1n) is 8.23. The highest BCUT2D eigenvalue weighted by Crippen LogP contribution is 2.41. The van der Waals surface area contributed by atoms with Crippen LogP contribution in [0.5, 0.6) is 0 Å². The lowest BCUT2D eigenvalue weighted by atomic mass is 10.1. The van der Waals surface area contributed by atoms with Crippen LogP contribution in [0, 0.1) is 0 Å². The van der Waals surface area contributed by atoms with Crippen molar-refractivity contribution in [3.63, 3.8) is 0 Å². The van der Waals surface area contributed by atoms with Gasteiger partial charge in [0.25, 0.3) is 0 Å². The zero-order valence-electron chi connectivity index (χ0n) is 15.1. The summed E-state index contributed by atoms with van der Waals surface area (Å²) in [6, 6.07) is 0. The molecule has 2 aliphatic heterocycles. The van der Waals surface area contributed by atoms with Gasteiger partial charge in [-0.2, -0.15) is 0 Å². The first-order chi connectivity index (χ1) is 9.97. The summed E-state index contributed by atoms with van der Waals surface area (Å²) in [5.74, 6) is -0.548. The normalized spacial score (nSPS) is 34.7. The number of rotatable bonds is 5. The van der Waals surface area contributed by atoms with Crippen LogP contribution in [0.15, 0.2) is 12.7 Å². The Labute approximate surface area is 136 Å². The van der Waals surface area contributed by atoms with E-state index in [0.717, 1.165) is 6.42 Å². The molecule has 0 amide bonds. The zero-order chi connectivity index (χ0) is 16.8. The molecule has 0 N–H and O–H groups in total. The fourth-order valence-corrected chi connectivity index (χ4v) is 3.78. The van der Waals surface area contributed by atoms with Crippen molar-refractivity contribution in [3.05, 3.63) is 12.7 Å². The summed E-state index contributed by atoms with van der Waals surface area (Å²) in [7, 11) is -1.79. The summed E-state index contributed by atoms with van der Waals surface area (Å²) in [6.45, 7) is 19.6. The predicted octanol–water partition coefficient (Wildman–Crippen LogP) is 3.87. The van der Waals surface area contributed by atoms with Crippen molar-refractivity contribution >= 4 is 8.32 Å². The number of hydrogen-bond acceptors (Lipinski definition) is 4. The number of ether oxygens (including phenoxy) is 3. The molecule has 5 heteroatoms. The van der Waals surface area contributed by atoms with E-state index in [9.17, 15) is 0 Å². The summed E-state index contributed by atoms with van der Waals surface area (Å²) >= 11 is 0. The van der Waals surface area contributed by atoms with Gasteiger partial charge in [0.15, 0.2) is 14.1 Å². The maximum atomic E-state index is 6.33. The topological polar surface area (TPSA) is 36.9 Å². The van der Waals surface area contributed by atoms with Gasteiger partial charge in [-0.3, -0.25) is 0 Å². The third-order valence-electron chi connectivity index (χ3n) is 5.06. The summed E-state index contributed by atoms with van der Waals surface area (Å²) in [4.78, 5) is 0. The van der Waals surface area contributed by atoms with Gasteiger partial charge in [-0.1, -0.05) is 26.8 Å². The van der Waals surface area contributed by atoms with E-state index < -0.39 is 14.1 Å². The highest BCUT2D eigenvalue weighted by molar-refractivity contribution is 6.74. The first-order valence-corrected chi connectivity index (χ1v) is 11.1. The Bertz CT molecular complexity index is 413. The zero-order valence-corrected chi connectivity index (χ0v) is 16.1. The molecule has 0 aliphatic carbocycles. The lowest BCUT2D eigenvalue weighted by Gasteiger charge is -2.37. The van der Waals surface area contributed by atoms with Gasteiger partial charge in [-0.15, -0.1) is 6.58 Å². The van der Waals surface area contributed by atoms with E-state index in [0.29, 0.717) is 6.61 Å². The van der Waals surface area contributed by atoms with Crippen LogP contribution in [-0.4, -0.2) is 45.1 Å². The molecular formula is C17H32O4Si. The van der Waals surface area contributed by atoms with E-state index in [-0.39, 0.29) is 29.5 Å². The minimum absolute atomic E-state index is 0.0114. The van der Waals surface area contributed by atoms with Crippen LogP contribution in [-0.2, 0) is 18.6 Å². The highest BCUT2D eigenvalue weighted by Gasteiger charge is 2.55. The number of fused-ring (bicyclic) bond motifs is 1. The quantitative estimate of drug-likeness (QED) is 0.567. The lowest BCUT2D eigenvalue weighted by Crippen LogP contribution is -2.44. The Kier molecular flexibility index (Phi) is 4.96. The molecule has 2 fully saturated rings. The molecule has 0 radical (unpaired) electrons. The van der Waals surface area contributed by atoms with E-state index in [2.05, 4.69) is 40.4 Å². The van der Waals surface area contributed by atoms with Crippen molar-refractivity contribution in [2.75, 3.05) is 6.61 Å². The van der Waals surface area contributed by atoms with Gasteiger partial charge in [-0.05, 0) is 38.4 Å². The molecule has 0 aromatic rings. The van der Waals surface area contributed by atoms with Crippen LogP contribution in [0.2, 0.25) is 18.1 Å². The molecule has 2 heterocycles. The fraction of sp³-hybridized carbons (Fsp3) is 0.882. The minimum Gasteiger partial charge on any atom is -0.414 e. The van der Waals surface area contributed by atoms with Crippen LogP contribution in [0.4, 0.5) is 0 Å². The molecule has 128 valence electrons. The molecule has 4 nitrogen and oxygen atoms in total. The van der Waals surface area contributed by atoms with Crippen LogP contribution in [0.3, 0.4) is 0 Å². The van der Waals surface area contributed by atoms with Crippen LogP contribution in [0.1, 0.15) is 41.0 Å². The van der Waals surface area contributed by atoms with E-state index in [1.54, 1.807) is 0 Å². The highest BCUT2D eigenvalue weighted by atomic mass is 28.4. The molecule has 0 spiro atoms. The molecule has 0 aromatic carbocycles. The Morgan fingerprint density at radius 2 is 1.68 bits per heavy atom. The standard InChI is InChI=1S/C17H32O4Si/c1-9-10-12-14-15(21-17(5,6)20-14)13(19-12)11-18-22(7,8)16(2,3)4/h9,12-15H,1,10-11H2,2-8H3/t12-,13+,14-,15+/m0/s1. The molecule has 2 rings (SSSR count). The second-order valence-electron chi connectivity index (χ2n) is 8.37. The van der Waals surface area contributed by atoms with Gasteiger partial charge < -0.3 is 18.6 Å². The van der Waals surface area contributed by atoms with E-state index in [1.807, 2.05) is 19.9 Å². The Morgan fingerprint density at radius 3 is 2.18 bits per heavy atom. The SMILES string of the molecule is C=CC[C@@H]1O[C@H](CO[Si](C)(C)C(C)(C)C)[C@H]2OC(C)(C)O[C@H]21. The average molecular weight is 329 g/mol. The predicted molar refractivity (Wildman–Crippen MR) is 90.4 cm³/mol. The monoisotopic (exact) mass is 328 g/mol. The van der Waals surface area contributed by atoms with Crippen molar-refractivity contribution in [2.45, 2.75) is 89.4 Å². The molecule has 2 saturated heterocycles. The van der Waals surface area contributed by atoms with Gasteiger partial charge in [0, 0.05) is 0 Å². The lowest BCUT2D eigenvalue weighted by molar-refractivity contribution is -0.189. The second-order valence-corrected chi connectivity index (χ2v) is 13.2. The van der Waals surface area contributed by atoms with Crippen molar-refractivity contribution in [1.82, 2.24) is 0 Å². The van der Waals surface area contributed by atoms with Gasteiger partial charge >= 0.3 is 0 Å². The first kappa shape index (κ1) is 18.1. The number of hydrogen-bond donors (Lipinski definition) is 0. The Hall–Kier alpha value is -0.203.